The molecule has 2 aliphatic rings. The molecular formula is C28H22F6N4O5S2. The van der Waals surface area contributed by atoms with E-state index < -0.39 is 41.7 Å². The van der Waals surface area contributed by atoms with Crippen LogP contribution >= 0.6 is 24.0 Å². The van der Waals surface area contributed by atoms with Gasteiger partial charge in [0.2, 0.25) is 11.8 Å². The fourth-order valence-electron chi connectivity index (χ4n) is 4.73. The number of rotatable bonds is 6. The fraction of sp³-hybridized carbons (Fsp3) is 0.321. The lowest BCUT2D eigenvalue weighted by atomic mass is 9.98. The summed E-state index contributed by atoms with van der Waals surface area (Å²) in [4.78, 5) is 41.3. The minimum absolute atomic E-state index is 0.00852. The molecule has 0 atom stereocenters. The number of thioether (sulfide) groups is 1. The van der Waals surface area contributed by atoms with Crippen molar-refractivity contribution in [1.82, 2.24) is 15.0 Å². The lowest BCUT2D eigenvalue weighted by Gasteiger charge is -2.28. The second kappa shape index (κ2) is 12.3. The van der Waals surface area contributed by atoms with Crippen LogP contribution in [0.3, 0.4) is 0 Å². The molecule has 3 amide bonds. The molecule has 2 aliphatic heterocycles. The molecule has 238 valence electrons. The lowest BCUT2D eigenvalue weighted by molar-refractivity contribution is -0.143. The van der Waals surface area contributed by atoms with Gasteiger partial charge in [0.25, 0.3) is 0 Å². The number of ether oxygens (including phenoxy) is 1. The zero-order chi connectivity index (χ0) is 32.7. The Balaban J connectivity index is 1.27. The highest BCUT2D eigenvalue weighted by molar-refractivity contribution is 8.23. The number of halogens is 6. The summed E-state index contributed by atoms with van der Waals surface area (Å²) >= 11 is 6.35. The lowest BCUT2D eigenvalue weighted by Crippen LogP contribution is -2.43. The Kier molecular flexibility index (Phi) is 8.86. The third-order valence-electron chi connectivity index (χ3n) is 7.12. The summed E-state index contributed by atoms with van der Waals surface area (Å²) in [5, 5.41) is 4.27. The van der Waals surface area contributed by atoms with Crippen LogP contribution in [0, 0.1) is 0 Å². The van der Waals surface area contributed by atoms with Gasteiger partial charge in [-0.3, -0.25) is 19.4 Å². The zero-order valence-electron chi connectivity index (χ0n) is 23.2. The number of aromatic nitrogens is 1. The maximum absolute atomic E-state index is 13.2. The number of carbonyl (C=O) groups excluding carboxylic acids is 3. The zero-order valence-corrected chi connectivity index (χ0v) is 24.8. The maximum atomic E-state index is 13.2. The number of alkyl halides is 6. The van der Waals surface area contributed by atoms with Gasteiger partial charge in [0.15, 0.2) is 11.4 Å². The molecule has 1 fully saturated rings. The number of benzene rings is 2. The van der Waals surface area contributed by atoms with E-state index in [0.29, 0.717) is 46.9 Å². The van der Waals surface area contributed by atoms with Crippen LogP contribution in [0.1, 0.15) is 28.7 Å². The van der Waals surface area contributed by atoms with Crippen molar-refractivity contribution >= 4 is 68.6 Å². The number of fused-ring (bicyclic) bond motifs is 1. The predicted molar refractivity (Wildman–Crippen MR) is 155 cm³/mol. The Bertz CT molecular complexity index is 1670. The molecule has 5 rings (SSSR count). The van der Waals surface area contributed by atoms with E-state index in [1.807, 2.05) is 6.08 Å². The van der Waals surface area contributed by atoms with Crippen molar-refractivity contribution in [1.29, 1.82) is 0 Å². The van der Waals surface area contributed by atoms with Gasteiger partial charge in [0.05, 0.1) is 22.3 Å². The van der Waals surface area contributed by atoms with E-state index in [2.05, 4.69) is 5.16 Å². The quantitative estimate of drug-likeness (QED) is 0.229. The molecule has 0 spiro atoms. The minimum atomic E-state index is -5.04. The molecule has 0 unspecified atom stereocenters. The summed E-state index contributed by atoms with van der Waals surface area (Å²) in [6.07, 6.45) is -8.84. The number of anilines is 1. The number of amides is 3. The Hall–Kier alpha value is -4.12. The van der Waals surface area contributed by atoms with E-state index in [0.717, 1.165) is 16.0 Å². The molecule has 0 saturated carbocycles. The van der Waals surface area contributed by atoms with Crippen molar-refractivity contribution in [2.75, 3.05) is 37.3 Å². The van der Waals surface area contributed by atoms with Crippen LogP contribution in [-0.2, 0) is 33.3 Å². The monoisotopic (exact) mass is 672 g/mol. The van der Waals surface area contributed by atoms with E-state index in [4.69, 9.17) is 21.5 Å². The van der Waals surface area contributed by atoms with E-state index in [-0.39, 0.29) is 36.0 Å². The van der Waals surface area contributed by atoms with Crippen LogP contribution in [0.4, 0.5) is 37.0 Å². The van der Waals surface area contributed by atoms with Crippen molar-refractivity contribution < 1.29 is 50.0 Å². The first-order valence-electron chi connectivity index (χ1n) is 13.1. The Labute approximate surface area is 260 Å². The summed E-state index contributed by atoms with van der Waals surface area (Å²) < 4.78 is 89.8. The van der Waals surface area contributed by atoms with Crippen LogP contribution in [0.15, 0.2) is 47.0 Å². The largest absolute Gasteiger partial charge is 0.444 e. The van der Waals surface area contributed by atoms with Gasteiger partial charge in [-0.2, -0.15) is 26.3 Å². The summed E-state index contributed by atoms with van der Waals surface area (Å²) in [7, 11) is 1.26. The molecule has 0 radical (unpaired) electrons. The highest BCUT2D eigenvalue weighted by Gasteiger charge is 2.37. The second-order valence-electron chi connectivity index (χ2n) is 10.1. The van der Waals surface area contributed by atoms with Gasteiger partial charge >= 0.3 is 18.4 Å². The third kappa shape index (κ3) is 7.08. The van der Waals surface area contributed by atoms with Crippen LogP contribution in [-0.4, -0.2) is 69.6 Å². The van der Waals surface area contributed by atoms with Gasteiger partial charge in [0.1, 0.15) is 17.5 Å². The van der Waals surface area contributed by atoms with E-state index >= 15 is 0 Å². The number of carbonyl (C=O) groups is 3. The Morgan fingerprint density at radius 3 is 2.36 bits per heavy atom. The molecule has 17 heteroatoms. The van der Waals surface area contributed by atoms with Gasteiger partial charge in [-0.25, -0.2) is 4.79 Å². The summed E-state index contributed by atoms with van der Waals surface area (Å²) in [6.45, 7) is -0.305. The van der Waals surface area contributed by atoms with Crippen LogP contribution in [0.25, 0.3) is 16.5 Å². The van der Waals surface area contributed by atoms with Crippen molar-refractivity contribution in [2.24, 2.45) is 0 Å². The third-order valence-corrected chi connectivity index (χ3v) is 8.55. The van der Waals surface area contributed by atoms with Crippen molar-refractivity contribution in [3.05, 3.63) is 64.7 Å². The molecular weight excluding hydrogens is 650 g/mol. The first-order chi connectivity index (χ1) is 21.1. The van der Waals surface area contributed by atoms with E-state index in [9.17, 15) is 40.7 Å². The number of hydrogen-bond acceptors (Lipinski definition) is 8. The average Bonchev–Trinajstić information content (AvgIpc) is 3.56. The van der Waals surface area contributed by atoms with Crippen LogP contribution in [0.5, 0.6) is 0 Å². The minimum Gasteiger partial charge on any atom is -0.444 e. The van der Waals surface area contributed by atoms with Gasteiger partial charge in [-0.1, -0.05) is 41.3 Å². The van der Waals surface area contributed by atoms with Gasteiger partial charge in [-0.05, 0) is 53.5 Å². The molecule has 2 aromatic carbocycles. The highest BCUT2D eigenvalue weighted by Crippen LogP contribution is 2.37. The fourth-order valence-corrected chi connectivity index (χ4v) is 5.79. The molecule has 1 aromatic heterocycles. The van der Waals surface area contributed by atoms with Crippen LogP contribution in [0.2, 0.25) is 0 Å². The van der Waals surface area contributed by atoms with E-state index in [1.54, 1.807) is 23.1 Å². The Morgan fingerprint density at radius 2 is 1.78 bits per heavy atom. The SMILES string of the molecule is CN(C(=O)OCc1cc(C(F)(F)F)cc(C(F)(F)F)c1)c1noc2ccc(C3=CCN(C(=O)CN4C(=O)CSC4=S)CC3)cc12. The highest BCUT2D eigenvalue weighted by atomic mass is 32.2. The standard InChI is InChI=1S/C28H22F6N4O5S2/c1-36(25(41)42-13-15-8-18(27(29,30)31)11-19(9-15)28(32,33)34)24-20-10-17(2-3-21(20)43-35-24)16-4-6-37(7-5-16)22(39)12-38-23(40)14-45-26(38)44/h2-4,8-11H,5-7,12-14H2,1H3. The predicted octanol–water partition coefficient (Wildman–Crippen LogP) is 6.11. The first-order valence-corrected chi connectivity index (χ1v) is 14.5. The van der Waals surface area contributed by atoms with Crippen molar-refractivity contribution in [2.45, 2.75) is 25.4 Å². The summed E-state index contributed by atoms with van der Waals surface area (Å²) in [5.74, 6) is -0.214. The normalized spacial score (nSPS) is 15.9. The van der Waals surface area contributed by atoms with Gasteiger partial charge < -0.3 is 14.2 Å². The smallest absolute Gasteiger partial charge is 0.416 e. The molecule has 9 nitrogen and oxygen atoms in total. The molecule has 3 heterocycles. The van der Waals surface area contributed by atoms with Crippen molar-refractivity contribution in [3.63, 3.8) is 0 Å². The molecule has 0 aliphatic carbocycles. The average molecular weight is 673 g/mol. The summed E-state index contributed by atoms with van der Waals surface area (Å²) in [5.41, 5.74) is -1.61. The number of hydrogen-bond donors (Lipinski definition) is 0. The maximum Gasteiger partial charge on any atom is 0.416 e. The number of nitrogens with zero attached hydrogens (tertiary/aromatic N) is 4. The molecule has 0 N–H and O–H groups in total. The van der Waals surface area contributed by atoms with Crippen LogP contribution < -0.4 is 4.90 Å². The number of thiocarbonyl (C=S) groups is 1. The molecule has 0 bridgehead atoms. The topological polar surface area (TPSA) is 96.2 Å². The second-order valence-corrected chi connectivity index (χ2v) is 11.7. The summed E-state index contributed by atoms with van der Waals surface area (Å²) in [6, 6.07) is 6.04. The Morgan fingerprint density at radius 1 is 1.09 bits per heavy atom. The van der Waals surface area contributed by atoms with Crippen molar-refractivity contribution in [3.8, 4) is 0 Å². The van der Waals surface area contributed by atoms with Gasteiger partial charge in [0, 0.05) is 20.1 Å². The molecule has 45 heavy (non-hydrogen) atoms. The first kappa shape index (κ1) is 32.3. The molecule has 3 aromatic rings. The molecule has 1 saturated heterocycles. The van der Waals surface area contributed by atoms with Gasteiger partial charge in [-0.15, -0.1) is 0 Å². The van der Waals surface area contributed by atoms with E-state index in [1.165, 1.54) is 23.7 Å².